The molecule has 2 N–H and O–H groups in total. The molecule has 7 nitrogen and oxygen atoms in total. The lowest BCUT2D eigenvalue weighted by molar-refractivity contribution is 0.206. The average molecular weight is 366 g/mol. The minimum absolute atomic E-state index is 0.0336. The van der Waals surface area contributed by atoms with Crippen LogP contribution in [0.5, 0.6) is 0 Å². The van der Waals surface area contributed by atoms with Crippen LogP contribution in [0.2, 0.25) is 0 Å². The second-order valence-corrected chi connectivity index (χ2v) is 8.68. The van der Waals surface area contributed by atoms with Crippen LogP contribution in [-0.2, 0) is 9.84 Å². The van der Waals surface area contributed by atoms with Crippen molar-refractivity contribution < 1.29 is 13.2 Å². The lowest BCUT2D eigenvalue weighted by Crippen LogP contribution is -2.41. The summed E-state index contributed by atoms with van der Waals surface area (Å²) >= 11 is 0. The predicted octanol–water partition coefficient (Wildman–Crippen LogP) is 2.40. The number of aromatic amines is 1. The number of sulfone groups is 1. The van der Waals surface area contributed by atoms with E-state index in [1.54, 1.807) is 14.0 Å². The van der Waals surface area contributed by atoms with E-state index in [2.05, 4.69) is 15.3 Å². The van der Waals surface area contributed by atoms with Crippen LogP contribution in [0, 0.1) is 6.92 Å². The van der Waals surface area contributed by atoms with Gasteiger partial charge in [-0.2, -0.15) is 0 Å². The van der Waals surface area contributed by atoms with E-state index in [0.717, 1.165) is 16.6 Å². The van der Waals surface area contributed by atoms with Crippen LogP contribution in [0.25, 0.3) is 11.0 Å². The van der Waals surface area contributed by atoms with Crippen LogP contribution in [0.3, 0.4) is 0 Å². The van der Waals surface area contributed by atoms with Gasteiger partial charge in [-0.05, 0) is 31.0 Å². The zero-order valence-corrected chi connectivity index (χ0v) is 16.0. The Hall–Kier alpha value is -2.09. The Bertz CT molecular complexity index is 845. The zero-order valence-electron chi connectivity index (χ0n) is 15.2. The molecule has 0 saturated carbocycles. The summed E-state index contributed by atoms with van der Waals surface area (Å²) in [6.07, 6.45) is 0.672. The SMILES string of the molecule is CC[C@H](NC(=O)N(C)CCS(=O)(=O)CC)c1nc2ccc(C)cc2[nH]1. The van der Waals surface area contributed by atoms with Crippen LogP contribution in [0.4, 0.5) is 4.79 Å². The second-order valence-electron chi connectivity index (χ2n) is 6.21. The Balaban J connectivity index is 2.05. The number of fused-ring (bicyclic) bond motifs is 1. The first-order chi connectivity index (χ1) is 11.8. The van der Waals surface area contributed by atoms with Gasteiger partial charge in [-0.1, -0.05) is 19.9 Å². The number of urea groups is 1. The van der Waals surface area contributed by atoms with Gasteiger partial charge in [0.15, 0.2) is 9.84 Å². The summed E-state index contributed by atoms with van der Waals surface area (Å²) in [5, 5.41) is 2.91. The monoisotopic (exact) mass is 366 g/mol. The molecule has 0 aliphatic carbocycles. The number of aryl methyl sites for hydroxylation is 1. The molecule has 1 aromatic heterocycles. The van der Waals surface area contributed by atoms with E-state index in [1.807, 2.05) is 32.0 Å². The van der Waals surface area contributed by atoms with Crippen molar-refractivity contribution in [3.05, 3.63) is 29.6 Å². The molecular weight excluding hydrogens is 340 g/mol. The Morgan fingerprint density at radius 2 is 2.08 bits per heavy atom. The number of hydrogen-bond donors (Lipinski definition) is 2. The van der Waals surface area contributed by atoms with Gasteiger partial charge in [0.05, 0.1) is 22.8 Å². The van der Waals surface area contributed by atoms with Gasteiger partial charge in [0.2, 0.25) is 0 Å². The average Bonchev–Trinajstić information content (AvgIpc) is 3.00. The fourth-order valence-electron chi connectivity index (χ4n) is 2.45. The quantitative estimate of drug-likeness (QED) is 0.786. The number of rotatable bonds is 7. The van der Waals surface area contributed by atoms with Crippen molar-refractivity contribution in [2.45, 2.75) is 33.2 Å². The van der Waals surface area contributed by atoms with Gasteiger partial charge in [0.25, 0.3) is 0 Å². The number of carbonyl (C=O) groups is 1. The maximum absolute atomic E-state index is 12.3. The third-order valence-electron chi connectivity index (χ3n) is 4.22. The normalized spacial score (nSPS) is 13.0. The van der Waals surface area contributed by atoms with Gasteiger partial charge >= 0.3 is 6.03 Å². The van der Waals surface area contributed by atoms with E-state index in [1.165, 1.54) is 4.90 Å². The molecule has 0 bridgehead atoms. The first kappa shape index (κ1) is 19.2. The fourth-order valence-corrected chi connectivity index (χ4v) is 3.29. The first-order valence-corrected chi connectivity index (χ1v) is 10.3. The number of amides is 2. The maximum Gasteiger partial charge on any atom is 0.317 e. The van der Waals surface area contributed by atoms with E-state index < -0.39 is 9.84 Å². The van der Waals surface area contributed by atoms with E-state index >= 15 is 0 Å². The predicted molar refractivity (Wildman–Crippen MR) is 99.4 cm³/mol. The molecule has 0 spiro atoms. The summed E-state index contributed by atoms with van der Waals surface area (Å²) in [7, 11) is -1.50. The van der Waals surface area contributed by atoms with Crippen molar-refractivity contribution in [3.8, 4) is 0 Å². The summed E-state index contributed by atoms with van der Waals surface area (Å²) in [6.45, 7) is 5.74. The van der Waals surface area contributed by atoms with E-state index in [4.69, 9.17) is 0 Å². The molecule has 138 valence electrons. The van der Waals surface area contributed by atoms with Crippen LogP contribution in [0.15, 0.2) is 18.2 Å². The summed E-state index contributed by atoms with van der Waals surface area (Å²) in [4.78, 5) is 21.5. The van der Waals surface area contributed by atoms with Gasteiger partial charge in [-0.3, -0.25) is 0 Å². The molecule has 0 radical (unpaired) electrons. The summed E-state index contributed by atoms with van der Waals surface area (Å²) in [6, 6.07) is 5.39. The molecule has 8 heteroatoms. The number of hydrogen-bond acceptors (Lipinski definition) is 4. The van der Waals surface area contributed by atoms with Crippen molar-refractivity contribution in [1.29, 1.82) is 0 Å². The molecule has 0 fully saturated rings. The molecule has 0 aliphatic rings. The molecule has 0 aliphatic heterocycles. The lowest BCUT2D eigenvalue weighted by atomic mass is 10.2. The smallest absolute Gasteiger partial charge is 0.317 e. The fraction of sp³-hybridized carbons (Fsp3) is 0.529. The van der Waals surface area contributed by atoms with Gasteiger partial charge in [0, 0.05) is 19.3 Å². The highest BCUT2D eigenvalue weighted by Gasteiger charge is 2.20. The Labute approximate surface area is 148 Å². The highest BCUT2D eigenvalue weighted by Crippen LogP contribution is 2.19. The highest BCUT2D eigenvalue weighted by molar-refractivity contribution is 7.91. The van der Waals surface area contributed by atoms with Crippen LogP contribution < -0.4 is 5.32 Å². The molecule has 1 aromatic carbocycles. The molecule has 1 atom stereocenters. The second kappa shape index (κ2) is 7.86. The molecule has 0 unspecified atom stereocenters. The zero-order chi connectivity index (χ0) is 18.6. The third kappa shape index (κ3) is 4.94. The van der Waals surface area contributed by atoms with Gasteiger partial charge in [-0.15, -0.1) is 0 Å². The van der Waals surface area contributed by atoms with Gasteiger partial charge in [0.1, 0.15) is 5.82 Å². The molecule has 2 rings (SSSR count). The van der Waals surface area contributed by atoms with Crippen molar-refractivity contribution in [1.82, 2.24) is 20.2 Å². The molecule has 1 heterocycles. The summed E-state index contributed by atoms with van der Waals surface area (Å²) in [5.74, 6) is 0.748. The Morgan fingerprint density at radius 1 is 1.36 bits per heavy atom. The van der Waals surface area contributed by atoms with Crippen molar-refractivity contribution in [2.75, 3.05) is 25.1 Å². The lowest BCUT2D eigenvalue weighted by Gasteiger charge is -2.21. The number of aromatic nitrogens is 2. The topological polar surface area (TPSA) is 95.2 Å². The van der Waals surface area contributed by atoms with Crippen LogP contribution in [0.1, 0.15) is 37.7 Å². The van der Waals surface area contributed by atoms with E-state index in [0.29, 0.717) is 12.2 Å². The molecule has 2 amide bonds. The number of benzene rings is 1. The number of nitrogens with zero attached hydrogens (tertiary/aromatic N) is 2. The molecule has 0 saturated heterocycles. The third-order valence-corrected chi connectivity index (χ3v) is 5.90. The van der Waals surface area contributed by atoms with Gasteiger partial charge < -0.3 is 15.2 Å². The molecule has 25 heavy (non-hydrogen) atoms. The summed E-state index contributed by atoms with van der Waals surface area (Å²) < 4.78 is 23.2. The minimum Gasteiger partial charge on any atom is -0.340 e. The number of imidazole rings is 1. The summed E-state index contributed by atoms with van der Waals surface area (Å²) in [5.41, 5.74) is 2.93. The number of carbonyl (C=O) groups excluding carboxylic acids is 1. The highest BCUT2D eigenvalue weighted by atomic mass is 32.2. The Morgan fingerprint density at radius 3 is 2.72 bits per heavy atom. The van der Waals surface area contributed by atoms with E-state index in [9.17, 15) is 13.2 Å². The minimum atomic E-state index is -3.10. The molecule has 2 aromatic rings. The van der Waals surface area contributed by atoms with Crippen molar-refractivity contribution in [3.63, 3.8) is 0 Å². The maximum atomic E-state index is 12.3. The number of nitrogens with one attached hydrogen (secondary N) is 2. The number of H-pyrrole nitrogens is 1. The largest absolute Gasteiger partial charge is 0.340 e. The van der Waals surface area contributed by atoms with E-state index in [-0.39, 0.29) is 30.1 Å². The van der Waals surface area contributed by atoms with Crippen molar-refractivity contribution >= 4 is 26.9 Å². The Kier molecular flexibility index (Phi) is 6.05. The first-order valence-electron chi connectivity index (χ1n) is 8.44. The standard InChI is InChI=1S/C17H26N4O3S/c1-5-13(16-18-14-8-7-12(3)11-15(14)19-16)20-17(22)21(4)9-10-25(23,24)6-2/h7-8,11,13H,5-6,9-10H2,1-4H3,(H,18,19)(H,20,22)/t13-/m0/s1. The van der Waals surface area contributed by atoms with Crippen LogP contribution >= 0.6 is 0 Å². The molecular formula is C17H26N4O3S. The van der Waals surface area contributed by atoms with Crippen LogP contribution in [-0.4, -0.2) is 54.4 Å². The van der Waals surface area contributed by atoms with Crippen molar-refractivity contribution in [2.24, 2.45) is 0 Å². The van der Waals surface area contributed by atoms with Gasteiger partial charge in [-0.25, -0.2) is 18.2 Å².